The first-order valence-electron chi connectivity index (χ1n) is 8.81. The van der Waals surface area contributed by atoms with Crippen molar-refractivity contribution in [2.45, 2.75) is 58.6 Å². The van der Waals surface area contributed by atoms with E-state index in [9.17, 15) is 9.59 Å². The van der Waals surface area contributed by atoms with Crippen molar-refractivity contribution in [3.63, 3.8) is 0 Å². The number of ether oxygens (including phenoxy) is 1. The molecule has 2 fully saturated rings. The fourth-order valence-corrected chi connectivity index (χ4v) is 3.68. The number of carbonyl (C=O) groups excluding carboxylic acids is 2. The second kappa shape index (κ2) is 5.91. The minimum atomic E-state index is -0.480. The average Bonchev–Trinajstić information content (AvgIpc) is 3.24. The van der Waals surface area contributed by atoms with E-state index in [2.05, 4.69) is 6.92 Å². The molecule has 1 unspecified atom stereocenters. The van der Waals surface area contributed by atoms with E-state index in [1.807, 2.05) is 56.0 Å². The van der Waals surface area contributed by atoms with Crippen molar-refractivity contribution in [1.82, 2.24) is 4.90 Å². The maximum absolute atomic E-state index is 12.6. The molecular formula is C20H27NO3. The number of esters is 1. The van der Waals surface area contributed by atoms with Crippen LogP contribution in [0.5, 0.6) is 0 Å². The molecule has 4 nitrogen and oxygen atoms in total. The number of nitrogens with zero attached hydrogens (tertiary/aromatic N) is 1. The molecular weight excluding hydrogens is 302 g/mol. The Hall–Kier alpha value is -1.84. The van der Waals surface area contributed by atoms with E-state index in [0.29, 0.717) is 13.0 Å². The van der Waals surface area contributed by atoms with Crippen molar-refractivity contribution < 1.29 is 14.3 Å². The highest BCUT2D eigenvalue weighted by Gasteiger charge is 2.60. The molecule has 1 aromatic carbocycles. The van der Waals surface area contributed by atoms with Gasteiger partial charge in [0.15, 0.2) is 0 Å². The number of carbonyl (C=O) groups is 2. The van der Waals surface area contributed by atoms with Gasteiger partial charge in [0, 0.05) is 18.9 Å². The van der Waals surface area contributed by atoms with E-state index in [0.717, 1.165) is 18.4 Å². The fourth-order valence-electron chi connectivity index (χ4n) is 3.68. The van der Waals surface area contributed by atoms with Crippen LogP contribution in [0.2, 0.25) is 0 Å². The molecule has 1 heterocycles. The number of hydrogen-bond donors (Lipinski definition) is 0. The van der Waals surface area contributed by atoms with Gasteiger partial charge in [-0.3, -0.25) is 9.59 Å². The van der Waals surface area contributed by atoms with Crippen LogP contribution in [0, 0.1) is 11.3 Å². The van der Waals surface area contributed by atoms with Crippen molar-refractivity contribution in [2.75, 3.05) is 6.54 Å². The van der Waals surface area contributed by atoms with Gasteiger partial charge in [-0.05, 0) is 46.1 Å². The predicted molar refractivity (Wildman–Crippen MR) is 92.2 cm³/mol. The lowest BCUT2D eigenvalue weighted by atomic mass is 9.88. The summed E-state index contributed by atoms with van der Waals surface area (Å²) in [6, 6.07) is 10.1. The van der Waals surface area contributed by atoms with Gasteiger partial charge in [0.25, 0.3) is 0 Å². The maximum Gasteiger partial charge on any atom is 0.312 e. The molecule has 1 saturated heterocycles. The molecule has 3 rings (SSSR count). The van der Waals surface area contributed by atoms with Crippen molar-refractivity contribution in [3.05, 3.63) is 35.9 Å². The Morgan fingerprint density at radius 2 is 1.88 bits per heavy atom. The standard InChI is InChI=1S/C20H27NO3/c1-14(15-8-6-5-7-9-15)21-13-16(12-17(21)22)20(10-11-20)18(23)24-19(2,3)4/h5-9,14,16H,10-13H2,1-4H3/t14-,16?/m0/s1. The molecule has 1 aromatic rings. The Morgan fingerprint density at radius 3 is 2.42 bits per heavy atom. The lowest BCUT2D eigenvalue weighted by molar-refractivity contribution is -0.164. The van der Waals surface area contributed by atoms with Gasteiger partial charge in [0.05, 0.1) is 11.5 Å². The molecule has 130 valence electrons. The summed E-state index contributed by atoms with van der Waals surface area (Å²) in [6.45, 7) is 8.39. The van der Waals surface area contributed by atoms with Crippen LogP contribution in [-0.4, -0.2) is 28.9 Å². The zero-order valence-corrected chi connectivity index (χ0v) is 15.0. The molecule has 4 heteroatoms. The fraction of sp³-hybridized carbons (Fsp3) is 0.600. The molecule has 1 aliphatic heterocycles. The predicted octanol–water partition coefficient (Wildman–Crippen LogP) is 3.72. The van der Waals surface area contributed by atoms with Crippen LogP contribution >= 0.6 is 0 Å². The zero-order valence-electron chi connectivity index (χ0n) is 15.0. The minimum absolute atomic E-state index is 0.0399. The van der Waals surface area contributed by atoms with Crippen LogP contribution in [0.25, 0.3) is 0 Å². The molecule has 0 bridgehead atoms. The number of rotatable bonds is 4. The summed E-state index contributed by atoms with van der Waals surface area (Å²) in [5.74, 6) is 0.0965. The Bertz CT molecular complexity index is 628. The molecule has 1 saturated carbocycles. The van der Waals surface area contributed by atoms with Gasteiger partial charge in [-0.2, -0.15) is 0 Å². The summed E-state index contributed by atoms with van der Waals surface area (Å²) in [5.41, 5.74) is 0.217. The number of hydrogen-bond acceptors (Lipinski definition) is 3. The van der Waals surface area contributed by atoms with E-state index in [4.69, 9.17) is 4.74 Å². The first-order chi connectivity index (χ1) is 11.2. The van der Waals surface area contributed by atoms with Crippen LogP contribution in [0.4, 0.5) is 0 Å². The van der Waals surface area contributed by atoms with Gasteiger partial charge in [-0.1, -0.05) is 30.3 Å². The first kappa shape index (κ1) is 17.0. The maximum atomic E-state index is 12.6. The highest BCUT2D eigenvalue weighted by molar-refractivity contribution is 5.85. The first-order valence-corrected chi connectivity index (χ1v) is 8.81. The van der Waals surface area contributed by atoms with Crippen molar-refractivity contribution in [3.8, 4) is 0 Å². The van der Waals surface area contributed by atoms with Gasteiger partial charge >= 0.3 is 5.97 Å². The molecule has 0 aromatic heterocycles. The SMILES string of the molecule is C[C@@H](c1ccccc1)N1CC(C2(C(=O)OC(C)(C)C)CC2)CC1=O. The summed E-state index contributed by atoms with van der Waals surface area (Å²) >= 11 is 0. The van der Waals surface area contributed by atoms with Crippen molar-refractivity contribution in [1.29, 1.82) is 0 Å². The Labute approximate surface area is 144 Å². The molecule has 0 spiro atoms. The lowest BCUT2D eigenvalue weighted by Crippen LogP contribution is -2.35. The van der Waals surface area contributed by atoms with Gasteiger partial charge in [0.2, 0.25) is 5.91 Å². The van der Waals surface area contributed by atoms with Crippen molar-refractivity contribution >= 4 is 11.9 Å². The molecule has 1 aliphatic carbocycles. The van der Waals surface area contributed by atoms with E-state index in [1.54, 1.807) is 0 Å². The summed E-state index contributed by atoms with van der Waals surface area (Å²) in [6.07, 6.45) is 2.14. The summed E-state index contributed by atoms with van der Waals surface area (Å²) in [7, 11) is 0. The van der Waals surface area contributed by atoms with E-state index >= 15 is 0 Å². The average molecular weight is 329 g/mol. The molecule has 0 N–H and O–H groups in total. The van der Waals surface area contributed by atoms with Crippen LogP contribution in [0.1, 0.15) is 58.6 Å². The second-order valence-corrected chi connectivity index (χ2v) is 8.19. The van der Waals surface area contributed by atoms with E-state index in [-0.39, 0.29) is 23.8 Å². The van der Waals surface area contributed by atoms with Crippen LogP contribution in [-0.2, 0) is 14.3 Å². The Kier molecular flexibility index (Phi) is 4.18. The topological polar surface area (TPSA) is 46.6 Å². The largest absolute Gasteiger partial charge is 0.460 e. The Morgan fingerprint density at radius 1 is 1.25 bits per heavy atom. The second-order valence-electron chi connectivity index (χ2n) is 8.19. The highest BCUT2D eigenvalue weighted by Crippen LogP contribution is 2.56. The monoisotopic (exact) mass is 329 g/mol. The van der Waals surface area contributed by atoms with Gasteiger partial charge in [-0.25, -0.2) is 0 Å². The summed E-state index contributed by atoms with van der Waals surface area (Å²) in [5, 5.41) is 0. The van der Waals surface area contributed by atoms with Crippen LogP contribution < -0.4 is 0 Å². The summed E-state index contributed by atoms with van der Waals surface area (Å²) < 4.78 is 5.62. The zero-order chi connectivity index (χ0) is 17.5. The number of benzene rings is 1. The third kappa shape index (κ3) is 3.19. The Balaban J connectivity index is 1.72. The van der Waals surface area contributed by atoms with Gasteiger partial charge < -0.3 is 9.64 Å². The van der Waals surface area contributed by atoms with Crippen molar-refractivity contribution in [2.24, 2.45) is 11.3 Å². The molecule has 0 radical (unpaired) electrons. The molecule has 2 aliphatic rings. The van der Waals surface area contributed by atoms with Gasteiger partial charge in [0.1, 0.15) is 5.60 Å². The highest BCUT2D eigenvalue weighted by atomic mass is 16.6. The third-order valence-electron chi connectivity index (χ3n) is 5.28. The van der Waals surface area contributed by atoms with Gasteiger partial charge in [-0.15, -0.1) is 0 Å². The minimum Gasteiger partial charge on any atom is -0.460 e. The normalized spacial score (nSPS) is 23.9. The quantitative estimate of drug-likeness (QED) is 0.791. The number of amides is 1. The van der Waals surface area contributed by atoms with Crippen LogP contribution in [0.15, 0.2) is 30.3 Å². The molecule has 2 atom stereocenters. The molecule has 24 heavy (non-hydrogen) atoms. The van der Waals surface area contributed by atoms with E-state index < -0.39 is 11.0 Å². The lowest BCUT2D eigenvalue weighted by Gasteiger charge is -2.28. The van der Waals surface area contributed by atoms with Crippen LogP contribution in [0.3, 0.4) is 0 Å². The molecule has 1 amide bonds. The smallest absolute Gasteiger partial charge is 0.312 e. The van der Waals surface area contributed by atoms with E-state index in [1.165, 1.54) is 0 Å². The summed E-state index contributed by atoms with van der Waals surface area (Å²) in [4.78, 5) is 27.1. The number of likely N-dealkylation sites (tertiary alicyclic amines) is 1. The third-order valence-corrected chi connectivity index (χ3v) is 5.28.